The van der Waals surface area contributed by atoms with Crippen molar-refractivity contribution in [2.45, 2.75) is 38.5 Å². The van der Waals surface area contributed by atoms with E-state index in [0.717, 1.165) is 19.5 Å². The van der Waals surface area contributed by atoms with Crippen molar-refractivity contribution >= 4 is 11.3 Å². The average Bonchev–Trinajstić information content (AvgIpc) is 3.08. The lowest BCUT2D eigenvalue weighted by atomic mass is 10.1. The number of nitrogens with one attached hydrogen (secondary N) is 1. The molecule has 1 aliphatic rings. The Morgan fingerprint density at radius 2 is 2.00 bits per heavy atom. The quantitative estimate of drug-likeness (QED) is 0.812. The first-order valence-corrected chi connectivity index (χ1v) is 8.31. The van der Waals surface area contributed by atoms with Gasteiger partial charge in [-0.05, 0) is 25.8 Å². The van der Waals surface area contributed by atoms with Gasteiger partial charge in [0, 0.05) is 22.4 Å². The molecular weight excluding hydrogens is 264 g/mol. The smallest absolute Gasteiger partial charge is 0.0994 e. The summed E-state index contributed by atoms with van der Waals surface area (Å²) in [5.41, 5.74) is 2.83. The summed E-state index contributed by atoms with van der Waals surface area (Å²) in [6, 6.07) is 10.6. The number of likely N-dealkylation sites (N-methyl/N-ethyl adjacent to an activating group) is 1. The molecule has 0 aliphatic heterocycles. The van der Waals surface area contributed by atoms with Gasteiger partial charge in [0.15, 0.2) is 0 Å². The first-order valence-electron chi connectivity index (χ1n) is 7.49. The van der Waals surface area contributed by atoms with Crippen molar-refractivity contribution in [2.75, 3.05) is 13.1 Å². The Bertz CT molecular complexity index is 570. The van der Waals surface area contributed by atoms with Gasteiger partial charge < -0.3 is 5.32 Å². The molecule has 3 heteroatoms. The van der Waals surface area contributed by atoms with Crippen LogP contribution in [0, 0.1) is 0 Å². The van der Waals surface area contributed by atoms with Crippen molar-refractivity contribution < 1.29 is 0 Å². The van der Waals surface area contributed by atoms with Gasteiger partial charge >= 0.3 is 0 Å². The van der Waals surface area contributed by atoms with Crippen molar-refractivity contribution in [2.24, 2.45) is 0 Å². The van der Waals surface area contributed by atoms with Crippen LogP contribution in [0.1, 0.15) is 36.6 Å². The molecule has 1 aliphatic carbocycles. The van der Waals surface area contributed by atoms with Gasteiger partial charge in [-0.2, -0.15) is 0 Å². The first kappa shape index (κ1) is 13.8. The molecule has 2 aromatic rings. The van der Waals surface area contributed by atoms with E-state index >= 15 is 0 Å². The molecule has 2 nitrogen and oxygen atoms in total. The molecule has 0 spiro atoms. The van der Waals surface area contributed by atoms with Crippen molar-refractivity contribution in [3.8, 4) is 11.3 Å². The Morgan fingerprint density at radius 1 is 1.25 bits per heavy atom. The second-order valence-electron chi connectivity index (χ2n) is 5.82. The highest BCUT2D eigenvalue weighted by Gasteiger charge is 2.42. The zero-order valence-electron chi connectivity index (χ0n) is 12.3. The number of aromatic nitrogens is 1. The third-order valence-corrected chi connectivity index (χ3v) is 5.46. The fourth-order valence-corrected chi connectivity index (χ4v) is 3.67. The minimum atomic E-state index is 0.366. The average molecular weight is 286 g/mol. The number of benzene rings is 1. The third-order valence-electron chi connectivity index (χ3n) is 4.04. The molecule has 0 unspecified atom stereocenters. The van der Waals surface area contributed by atoms with Gasteiger partial charge in [0.2, 0.25) is 0 Å². The van der Waals surface area contributed by atoms with Crippen molar-refractivity contribution in [1.29, 1.82) is 0 Å². The van der Waals surface area contributed by atoms with E-state index in [1.165, 1.54) is 34.0 Å². The minimum Gasteiger partial charge on any atom is -0.317 e. The highest BCUT2D eigenvalue weighted by molar-refractivity contribution is 7.12. The van der Waals surface area contributed by atoms with Crippen LogP contribution in [0.3, 0.4) is 0 Å². The van der Waals surface area contributed by atoms with Gasteiger partial charge in [0.25, 0.3) is 0 Å². The van der Waals surface area contributed by atoms with Crippen LogP contribution in [0.15, 0.2) is 30.3 Å². The van der Waals surface area contributed by atoms with Gasteiger partial charge in [-0.25, -0.2) is 4.98 Å². The van der Waals surface area contributed by atoms with Gasteiger partial charge in [-0.15, -0.1) is 11.3 Å². The second kappa shape index (κ2) is 5.66. The molecule has 3 rings (SSSR count). The van der Waals surface area contributed by atoms with Gasteiger partial charge in [0.1, 0.15) is 0 Å². The van der Waals surface area contributed by atoms with E-state index < -0.39 is 0 Å². The van der Waals surface area contributed by atoms with Gasteiger partial charge in [-0.1, -0.05) is 44.2 Å². The van der Waals surface area contributed by atoms with Crippen LogP contribution in [-0.4, -0.2) is 18.1 Å². The molecule has 0 amide bonds. The Kier molecular flexibility index (Phi) is 3.90. The van der Waals surface area contributed by atoms with Crippen LogP contribution in [0.4, 0.5) is 0 Å². The number of hydrogen-bond donors (Lipinski definition) is 1. The van der Waals surface area contributed by atoms with Gasteiger partial charge in [0.05, 0.1) is 10.7 Å². The fraction of sp³-hybridized carbons (Fsp3) is 0.471. The fourth-order valence-electron chi connectivity index (χ4n) is 2.38. The SMILES string of the molecule is CCNCCc1sc(C2(C)CC2)nc1-c1ccccc1. The first-order chi connectivity index (χ1) is 9.73. The van der Waals surface area contributed by atoms with E-state index in [9.17, 15) is 0 Å². The Morgan fingerprint density at radius 3 is 2.65 bits per heavy atom. The molecule has 1 saturated carbocycles. The van der Waals surface area contributed by atoms with E-state index in [2.05, 4.69) is 49.5 Å². The lowest BCUT2D eigenvalue weighted by Crippen LogP contribution is -2.15. The van der Waals surface area contributed by atoms with Crippen LogP contribution in [0.25, 0.3) is 11.3 Å². The summed E-state index contributed by atoms with van der Waals surface area (Å²) in [6.45, 7) is 6.56. The molecule has 20 heavy (non-hydrogen) atoms. The van der Waals surface area contributed by atoms with E-state index in [1.54, 1.807) is 0 Å². The summed E-state index contributed by atoms with van der Waals surface area (Å²) in [5.74, 6) is 0. The molecule has 1 aromatic heterocycles. The molecule has 1 fully saturated rings. The molecule has 0 bridgehead atoms. The largest absolute Gasteiger partial charge is 0.317 e. The summed E-state index contributed by atoms with van der Waals surface area (Å²) in [5, 5.41) is 4.75. The Hall–Kier alpha value is -1.19. The molecule has 106 valence electrons. The predicted octanol–water partition coefficient (Wildman–Crippen LogP) is 4.01. The Balaban J connectivity index is 1.91. The summed E-state index contributed by atoms with van der Waals surface area (Å²) in [7, 11) is 0. The van der Waals surface area contributed by atoms with Crippen LogP contribution >= 0.6 is 11.3 Å². The molecule has 0 saturated heterocycles. The van der Waals surface area contributed by atoms with E-state index in [1.807, 2.05) is 11.3 Å². The van der Waals surface area contributed by atoms with Gasteiger partial charge in [-0.3, -0.25) is 0 Å². The van der Waals surface area contributed by atoms with E-state index in [4.69, 9.17) is 4.98 Å². The maximum atomic E-state index is 4.98. The van der Waals surface area contributed by atoms with Crippen molar-refractivity contribution in [3.63, 3.8) is 0 Å². The highest BCUT2D eigenvalue weighted by Crippen LogP contribution is 2.50. The summed E-state index contributed by atoms with van der Waals surface area (Å²) < 4.78 is 0. The summed E-state index contributed by atoms with van der Waals surface area (Å²) in [6.07, 6.45) is 3.66. The molecule has 0 radical (unpaired) electrons. The van der Waals surface area contributed by atoms with Crippen LogP contribution in [-0.2, 0) is 11.8 Å². The molecule has 0 atom stereocenters. The van der Waals surface area contributed by atoms with Crippen molar-refractivity contribution in [1.82, 2.24) is 10.3 Å². The molecular formula is C17H22N2S. The summed E-state index contributed by atoms with van der Waals surface area (Å²) in [4.78, 5) is 6.41. The van der Waals surface area contributed by atoms with Crippen LogP contribution in [0.2, 0.25) is 0 Å². The molecule has 1 aromatic carbocycles. The minimum absolute atomic E-state index is 0.366. The maximum absolute atomic E-state index is 4.98. The van der Waals surface area contributed by atoms with E-state index in [0.29, 0.717) is 5.41 Å². The lowest BCUT2D eigenvalue weighted by molar-refractivity contribution is 0.721. The topological polar surface area (TPSA) is 24.9 Å². The summed E-state index contributed by atoms with van der Waals surface area (Å²) >= 11 is 1.92. The Labute approximate surface area is 125 Å². The zero-order chi connectivity index (χ0) is 14.0. The van der Waals surface area contributed by atoms with Crippen LogP contribution in [0.5, 0.6) is 0 Å². The number of thiazole rings is 1. The van der Waals surface area contributed by atoms with Crippen LogP contribution < -0.4 is 5.32 Å². The standard InChI is InChI=1S/C17H22N2S/c1-3-18-12-9-14-15(13-7-5-4-6-8-13)19-16(20-14)17(2)10-11-17/h4-8,18H,3,9-12H2,1-2H3. The highest BCUT2D eigenvalue weighted by atomic mass is 32.1. The van der Waals surface area contributed by atoms with Crippen molar-refractivity contribution in [3.05, 3.63) is 40.2 Å². The second-order valence-corrected chi connectivity index (χ2v) is 6.90. The molecule has 1 heterocycles. The maximum Gasteiger partial charge on any atom is 0.0994 e. The monoisotopic (exact) mass is 286 g/mol. The number of hydrogen-bond acceptors (Lipinski definition) is 3. The van der Waals surface area contributed by atoms with E-state index in [-0.39, 0.29) is 0 Å². The normalized spacial score (nSPS) is 16.3. The number of nitrogens with zero attached hydrogens (tertiary/aromatic N) is 1. The lowest BCUT2D eigenvalue weighted by Gasteiger charge is -2.03. The third kappa shape index (κ3) is 2.79. The molecule has 1 N–H and O–H groups in total. The zero-order valence-corrected chi connectivity index (χ0v) is 13.1. The predicted molar refractivity (Wildman–Crippen MR) is 86.4 cm³/mol. The number of rotatable bonds is 6.